The molecule has 1 unspecified atom stereocenters. The molecular weight excluding hydrogens is 302 g/mol. The van der Waals surface area contributed by atoms with Gasteiger partial charge in [0.05, 0.1) is 10.6 Å². The largest absolute Gasteiger partial charge is 0.295 e. The Balaban J connectivity index is 2.91. The van der Waals surface area contributed by atoms with E-state index in [0.29, 0.717) is 5.56 Å². The zero-order valence-corrected chi connectivity index (χ0v) is 13.1. The minimum absolute atomic E-state index is 0.0112. The number of carbonyl (C=O) groups excluding carboxylic acids is 1. The molecule has 0 aliphatic rings. The van der Waals surface area contributed by atoms with Crippen LogP contribution in [-0.4, -0.2) is 40.7 Å². The van der Waals surface area contributed by atoms with Gasteiger partial charge >= 0.3 is 0 Å². The van der Waals surface area contributed by atoms with E-state index in [1.165, 1.54) is 38.1 Å². The molecule has 0 radical (unpaired) electrons. The Morgan fingerprint density at radius 1 is 1.15 bits per heavy atom. The zero-order chi connectivity index (χ0) is 15.6. The molecule has 0 fully saturated rings. The molecule has 1 aromatic carbocycles. The average Bonchev–Trinajstić information content (AvgIpc) is 2.25. The molecule has 1 rings (SSSR count). The van der Waals surface area contributed by atoms with Gasteiger partial charge < -0.3 is 0 Å². The van der Waals surface area contributed by atoms with E-state index in [0.717, 1.165) is 6.26 Å². The molecule has 112 valence electrons. The van der Waals surface area contributed by atoms with Crippen molar-refractivity contribution in [2.45, 2.75) is 24.8 Å². The van der Waals surface area contributed by atoms with E-state index < -0.39 is 25.9 Å². The van der Waals surface area contributed by atoms with Crippen LogP contribution in [0.15, 0.2) is 29.2 Å². The smallest absolute Gasteiger partial charge is 0.240 e. The van der Waals surface area contributed by atoms with Gasteiger partial charge in [-0.3, -0.25) is 4.79 Å². The lowest BCUT2D eigenvalue weighted by Gasteiger charge is -2.13. The van der Waals surface area contributed by atoms with Crippen LogP contribution in [0.1, 0.15) is 24.2 Å². The van der Waals surface area contributed by atoms with Crippen molar-refractivity contribution in [2.75, 3.05) is 12.0 Å². The lowest BCUT2D eigenvalue weighted by atomic mass is 10.2. The van der Waals surface area contributed by atoms with Crippen molar-refractivity contribution in [2.24, 2.45) is 0 Å². The second-order valence-corrected chi connectivity index (χ2v) is 8.59. The van der Waals surface area contributed by atoms with Crippen molar-refractivity contribution < 1.29 is 21.6 Å². The van der Waals surface area contributed by atoms with Crippen molar-refractivity contribution in [3.8, 4) is 0 Å². The number of hydrogen-bond donors (Lipinski definition) is 1. The maximum atomic E-state index is 12.0. The van der Waals surface area contributed by atoms with Gasteiger partial charge in [0.25, 0.3) is 0 Å². The fraction of sp³-hybridized carbons (Fsp3) is 0.417. The Hall–Kier alpha value is -1.25. The van der Waals surface area contributed by atoms with Crippen LogP contribution in [0.3, 0.4) is 0 Å². The van der Waals surface area contributed by atoms with Gasteiger partial charge in [-0.1, -0.05) is 12.1 Å². The van der Waals surface area contributed by atoms with E-state index in [9.17, 15) is 21.6 Å². The van der Waals surface area contributed by atoms with Crippen LogP contribution in [0.4, 0.5) is 0 Å². The van der Waals surface area contributed by atoms with Crippen molar-refractivity contribution in [3.05, 3.63) is 29.8 Å². The maximum Gasteiger partial charge on any atom is 0.240 e. The third-order valence-corrected chi connectivity index (χ3v) is 5.19. The highest BCUT2D eigenvalue weighted by atomic mass is 32.2. The number of hydrogen-bond acceptors (Lipinski definition) is 5. The lowest BCUT2D eigenvalue weighted by molar-refractivity contribution is 0.101. The predicted molar refractivity (Wildman–Crippen MR) is 75.9 cm³/mol. The molecule has 0 spiro atoms. The van der Waals surface area contributed by atoms with Gasteiger partial charge in [0.2, 0.25) is 10.0 Å². The number of sulfonamides is 1. The normalized spacial score (nSPS) is 13.9. The summed E-state index contributed by atoms with van der Waals surface area (Å²) in [6.45, 7) is 2.86. The average molecular weight is 319 g/mol. The number of ketones is 1. The molecule has 8 heteroatoms. The quantitative estimate of drug-likeness (QED) is 0.774. The van der Waals surface area contributed by atoms with Gasteiger partial charge in [-0.15, -0.1) is 0 Å². The molecule has 20 heavy (non-hydrogen) atoms. The number of Topliss-reactive ketones (excluding diaryl/α,β-unsaturated/α-hetero) is 1. The SMILES string of the molecule is CC(=O)c1ccc(S(=O)(=O)NC(C)CS(C)(=O)=O)cc1. The molecule has 0 aliphatic carbocycles. The molecule has 0 bridgehead atoms. The Morgan fingerprint density at radius 3 is 2.05 bits per heavy atom. The minimum Gasteiger partial charge on any atom is -0.295 e. The monoisotopic (exact) mass is 319 g/mol. The van der Waals surface area contributed by atoms with E-state index in [2.05, 4.69) is 4.72 Å². The summed E-state index contributed by atoms with van der Waals surface area (Å²) >= 11 is 0. The van der Waals surface area contributed by atoms with Gasteiger partial charge in [-0.25, -0.2) is 21.6 Å². The summed E-state index contributed by atoms with van der Waals surface area (Å²) in [5.41, 5.74) is 0.410. The molecule has 1 atom stereocenters. The van der Waals surface area contributed by atoms with E-state index in [1.54, 1.807) is 0 Å². The van der Waals surface area contributed by atoms with Crippen LogP contribution in [-0.2, 0) is 19.9 Å². The number of nitrogens with one attached hydrogen (secondary N) is 1. The Morgan fingerprint density at radius 2 is 1.65 bits per heavy atom. The Kier molecular flexibility index (Phi) is 5.06. The number of sulfone groups is 1. The third-order valence-electron chi connectivity index (χ3n) is 2.48. The highest BCUT2D eigenvalue weighted by molar-refractivity contribution is 7.91. The zero-order valence-electron chi connectivity index (χ0n) is 11.5. The van der Waals surface area contributed by atoms with Crippen LogP contribution < -0.4 is 4.72 Å². The predicted octanol–water partition coefficient (Wildman–Crippen LogP) is 0.601. The molecule has 1 aromatic rings. The maximum absolute atomic E-state index is 12.0. The lowest BCUT2D eigenvalue weighted by Crippen LogP contribution is -2.37. The fourth-order valence-electron chi connectivity index (χ4n) is 1.69. The molecule has 6 nitrogen and oxygen atoms in total. The summed E-state index contributed by atoms with van der Waals surface area (Å²) in [6, 6.07) is 4.72. The first-order chi connectivity index (χ1) is 9.01. The molecule has 0 aromatic heterocycles. The highest BCUT2D eigenvalue weighted by Crippen LogP contribution is 2.11. The van der Waals surface area contributed by atoms with E-state index in [-0.39, 0.29) is 16.4 Å². The first-order valence-corrected chi connectivity index (χ1v) is 9.37. The van der Waals surface area contributed by atoms with Crippen molar-refractivity contribution in [3.63, 3.8) is 0 Å². The summed E-state index contributed by atoms with van der Waals surface area (Å²) < 4.78 is 48.5. The second-order valence-electron chi connectivity index (χ2n) is 4.70. The summed E-state index contributed by atoms with van der Waals surface area (Å²) in [5, 5.41) is 0. The van der Waals surface area contributed by atoms with Crippen LogP contribution in [0.5, 0.6) is 0 Å². The molecule has 1 N–H and O–H groups in total. The Labute approximate surface area is 119 Å². The first-order valence-electron chi connectivity index (χ1n) is 5.82. The first kappa shape index (κ1) is 16.8. The van der Waals surface area contributed by atoms with Gasteiger partial charge in [-0.2, -0.15) is 0 Å². The van der Waals surface area contributed by atoms with Gasteiger partial charge in [0.15, 0.2) is 5.78 Å². The number of benzene rings is 1. The molecule has 0 saturated heterocycles. The Bertz CT molecular complexity index is 690. The van der Waals surface area contributed by atoms with Gasteiger partial charge in [-0.05, 0) is 26.0 Å². The standard InChI is InChI=1S/C12H17NO5S2/c1-9(8-19(3,15)16)13-20(17,18)12-6-4-11(5-7-12)10(2)14/h4-7,9,13H,8H2,1-3H3. The summed E-state index contributed by atoms with van der Waals surface area (Å²) in [4.78, 5) is 11.1. The van der Waals surface area contributed by atoms with E-state index >= 15 is 0 Å². The fourth-order valence-corrected chi connectivity index (χ4v) is 4.03. The van der Waals surface area contributed by atoms with E-state index in [4.69, 9.17) is 0 Å². The molecule has 0 heterocycles. The van der Waals surface area contributed by atoms with Crippen LogP contribution in [0.2, 0.25) is 0 Å². The number of rotatable bonds is 6. The van der Waals surface area contributed by atoms with Crippen LogP contribution in [0, 0.1) is 0 Å². The molecule has 0 amide bonds. The van der Waals surface area contributed by atoms with Crippen molar-refractivity contribution in [1.82, 2.24) is 4.72 Å². The van der Waals surface area contributed by atoms with Crippen LogP contribution in [0.25, 0.3) is 0 Å². The molecule has 0 aliphatic heterocycles. The van der Waals surface area contributed by atoms with Crippen LogP contribution >= 0.6 is 0 Å². The number of carbonyl (C=O) groups is 1. The third kappa shape index (κ3) is 5.03. The van der Waals surface area contributed by atoms with Gasteiger partial charge in [0.1, 0.15) is 9.84 Å². The second kappa shape index (κ2) is 6.02. The minimum atomic E-state index is -3.80. The molecule has 0 saturated carbocycles. The van der Waals surface area contributed by atoms with Gasteiger partial charge in [0, 0.05) is 17.9 Å². The summed E-state index contributed by atoms with van der Waals surface area (Å²) in [7, 11) is -7.07. The highest BCUT2D eigenvalue weighted by Gasteiger charge is 2.20. The topological polar surface area (TPSA) is 97.4 Å². The van der Waals surface area contributed by atoms with E-state index in [1.807, 2.05) is 0 Å². The summed E-state index contributed by atoms with van der Waals surface area (Å²) in [5.74, 6) is -0.440. The van der Waals surface area contributed by atoms with Crippen molar-refractivity contribution in [1.29, 1.82) is 0 Å². The molecular formula is C12H17NO5S2. The summed E-state index contributed by atoms with van der Waals surface area (Å²) in [6.07, 6.45) is 1.04. The van der Waals surface area contributed by atoms with Crippen molar-refractivity contribution >= 4 is 25.6 Å².